The van der Waals surface area contributed by atoms with Crippen molar-refractivity contribution < 1.29 is 9.84 Å². The van der Waals surface area contributed by atoms with E-state index in [0.29, 0.717) is 6.04 Å². The Hall–Kier alpha value is -0.870. The molecule has 0 atom stereocenters. The van der Waals surface area contributed by atoms with Crippen molar-refractivity contribution in [2.24, 2.45) is 0 Å². The number of hydrogen-bond donors (Lipinski definition) is 1. The lowest BCUT2D eigenvalue weighted by Crippen LogP contribution is -2.21. The molecule has 1 fully saturated rings. The van der Waals surface area contributed by atoms with Crippen LogP contribution in [0.1, 0.15) is 42.3 Å². The van der Waals surface area contributed by atoms with Gasteiger partial charge in [-0.2, -0.15) is 5.10 Å². The fraction of sp³-hybridized carbons (Fsp3) is 0.769. The van der Waals surface area contributed by atoms with Crippen LogP contribution in [0.2, 0.25) is 0 Å². The second-order valence-electron chi connectivity index (χ2n) is 4.76. The zero-order valence-electron chi connectivity index (χ0n) is 10.8. The maximum Gasteiger partial charge on any atom is 0.0628 e. The van der Waals surface area contributed by atoms with Crippen molar-refractivity contribution >= 4 is 0 Å². The molecule has 4 nitrogen and oxygen atoms in total. The van der Waals surface area contributed by atoms with Crippen LogP contribution in [-0.2, 0) is 11.2 Å². The lowest BCUT2D eigenvalue weighted by molar-refractivity contribution is 0.0656. The molecule has 1 aromatic rings. The molecule has 1 N–H and O–H groups in total. The molecule has 96 valence electrons. The van der Waals surface area contributed by atoms with E-state index in [2.05, 4.69) is 23.6 Å². The van der Waals surface area contributed by atoms with E-state index in [1.54, 1.807) is 0 Å². The molecule has 2 rings (SSSR count). The fourth-order valence-electron chi connectivity index (χ4n) is 2.60. The summed E-state index contributed by atoms with van der Waals surface area (Å²) in [7, 11) is 0. The van der Waals surface area contributed by atoms with Crippen LogP contribution in [0.5, 0.6) is 0 Å². The number of aryl methyl sites for hydroxylation is 1. The molecule has 0 unspecified atom stereocenters. The highest BCUT2D eigenvalue weighted by atomic mass is 16.5. The first-order valence-corrected chi connectivity index (χ1v) is 6.47. The van der Waals surface area contributed by atoms with Gasteiger partial charge in [0.05, 0.1) is 11.7 Å². The lowest BCUT2D eigenvalue weighted by Gasteiger charge is -2.23. The lowest BCUT2D eigenvalue weighted by atomic mass is 10.1. The molecular weight excluding hydrogens is 216 g/mol. The summed E-state index contributed by atoms with van der Waals surface area (Å²) >= 11 is 0. The highest BCUT2D eigenvalue weighted by molar-refractivity contribution is 5.25. The first-order chi connectivity index (χ1) is 8.24. The summed E-state index contributed by atoms with van der Waals surface area (Å²) in [5, 5.41) is 13.6. The maximum atomic E-state index is 8.92. The van der Waals surface area contributed by atoms with E-state index in [1.165, 1.54) is 11.3 Å². The average Bonchev–Trinajstić information content (AvgIpc) is 2.64. The van der Waals surface area contributed by atoms with Crippen LogP contribution < -0.4 is 0 Å². The van der Waals surface area contributed by atoms with Gasteiger partial charge in [-0.05, 0) is 45.1 Å². The predicted molar refractivity (Wildman–Crippen MR) is 66.2 cm³/mol. The van der Waals surface area contributed by atoms with E-state index >= 15 is 0 Å². The summed E-state index contributed by atoms with van der Waals surface area (Å²) in [5.74, 6) is 0. The summed E-state index contributed by atoms with van der Waals surface area (Å²) in [6.45, 7) is 6.14. The zero-order chi connectivity index (χ0) is 12.3. The largest absolute Gasteiger partial charge is 0.396 e. The minimum atomic E-state index is 0.251. The van der Waals surface area contributed by atoms with Crippen LogP contribution >= 0.6 is 0 Å². The molecule has 1 saturated heterocycles. The smallest absolute Gasteiger partial charge is 0.0628 e. The number of nitrogens with zero attached hydrogens (tertiary/aromatic N) is 2. The fourth-order valence-corrected chi connectivity index (χ4v) is 2.60. The first kappa shape index (κ1) is 12.6. The molecule has 4 heteroatoms. The molecule has 1 aliphatic rings. The summed E-state index contributed by atoms with van der Waals surface area (Å²) in [6.07, 6.45) is 3.86. The Morgan fingerprint density at radius 2 is 2.06 bits per heavy atom. The Balaban J connectivity index is 2.17. The van der Waals surface area contributed by atoms with Crippen LogP contribution in [0.15, 0.2) is 0 Å². The molecule has 1 aliphatic heterocycles. The standard InChI is InChI=1S/C13H22N2O2/c1-10-13(4-3-7-16)11(2)15(14-10)12-5-8-17-9-6-12/h12,16H,3-9H2,1-2H3. The van der Waals surface area contributed by atoms with Gasteiger partial charge in [0.25, 0.3) is 0 Å². The number of rotatable bonds is 4. The van der Waals surface area contributed by atoms with Gasteiger partial charge < -0.3 is 9.84 Å². The zero-order valence-corrected chi connectivity index (χ0v) is 10.8. The second-order valence-corrected chi connectivity index (χ2v) is 4.76. The van der Waals surface area contributed by atoms with Gasteiger partial charge in [0.1, 0.15) is 0 Å². The summed E-state index contributed by atoms with van der Waals surface area (Å²) < 4.78 is 7.56. The molecule has 0 saturated carbocycles. The molecule has 0 bridgehead atoms. The molecule has 0 radical (unpaired) electrons. The van der Waals surface area contributed by atoms with E-state index < -0.39 is 0 Å². The van der Waals surface area contributed by atoms with Crippen molar-refractivity contribution in [1.82, 2.24) is 9.78 Å². The highest BCUT2D eigenvalue weighted by Gasteiger charge is 2.20. The third-order valence-electron chi connectivity index (χ3n) is 3.60. The summed E-state index contributed by atoms with van der Waals surface area (Å²) in [4.78, 5) is 0. The van der Waals surface area contributed by atoms with Gasteiger partial charge in [-0.15, -0.1) is 0 Å². The minimum Gasteiger partial charge on any atom is -0.396 e. The molecular formula is C13H22N2O2. The Morgan fingerprint density at radius 3 is 2.71 bits per heavy atom. The normalized spacial score (nSPS) is 17.6. The second kappa shape index (κ2) is 5.65. The maximum absolute atomic E-state index is 8.92. The van der Waals surface area contributed by atoms with E-state index in [-0.39, 0.29) is 6.61 Å². The van der Waals surface area contributed by atoms with Crippen LogP contribution in [0.25, 0.3) is 0 Å². The van der Waals surface area contributed by atoms with Crippen molar-refractivity contribution in [3.05, 3.63) is 17.0 Å². The Morgan fingerprint density at radius 1 is 1.35 bits per heavy atom. The number of aliphatic hydroxyl groups excluding tert-OH is 1. The van der Waals surface area contributed by atoms with Crippen LogP contribution in [0, 0.1) is 13.8 Å². The third-order valence-corrected chi connectivity index (χ3v) is 3.60. The SMILES string of the molecule is Cc1nn(C2CCOCC2)c(C)c1CCCO. The molecule has 0 spiro atoms. The monoisotopic (exact) mass is 238 g/mol. The van der Waals surface area contributed by atoms with Gasteiger partial charge in [0.15, 0.2) is 0 Å². The quantitative estimate of drug-likeness (QED) is 0.869. The van der Waals surface area contributed by atoms with Crippen molar-refractivity contribution in [3.8, 4) is 0 Å². The predicted octanol–water partition coefficient (Wildman–Crippen LogP) is 1.78. The van der Waals surface area contributed by atoms with Crippen LogP contribution in [-0.4, -0.2) is 34.7 Å². The minimum absolute atomic E-state index is 0.251. The van der Waals surface area contributed by atoms with E-state index in [9.17, 15) is 0 Å². The van der Waals surface area contributed by atoms with Gasteiger partial charge in [-0.3, -0.25) is 4.68 Å². The Kier molecular flexibility index (Phi) is 4.18. The Labute approximate surface area is 103 Å². The molecule has 1 aromatic heterocycles. The average molecular weight is 238 g/mol. The van der Waals surface area contributed by atoms with Crippen molar-refractivity contribution in [1.29, 1.82) is 0 Å². The van der Waals surface area contributed by atoms with Crippen LogP contribution in [0.3, 0.4) is 0 Å². The molecule has 2 heterocycles. The number of aromatic nitrogens is 2. The Bertz CT molecular complexity index is 368. The van der Waals surface area contributed by atoms with Gasteiger partial charge in [-0.25, -0.2) is 0 Å². The summed E-state index contributed by atoms with van der Waals surface area (Å²) in [6, 6.07) is 0.491. The van der Waals surface area contributed by atoms with Gasteiger partial charge >= 0.3 is 0 Å². The van der Waals surface area contributed by atoms with Gasteiger partial charge in [0.2, 0.25) is 0 Å². The topological polar surface area (TPSA) is 47.3 Å². The number of ether oxygens (including phenoxy) is 1. The van der Waals surface area contributed by atoms with Crippen LogP contribution in [0.4, 0.5) is 0 Å². The highest BCUT2D eigenvalue weighted by Crippen LogP contribution is 2.25. The number of hydrogen-bond acceptors (Lipinski definition) is 3. The van der Waals surface area contributed by atoms with Crippen molar-refractivity contribution in [2.45, 2.75) is 45.6 Å². The van der Waals surface area contributed by atoms with Gasteiger partial charge in [-0.1, -0.05) is 0 Å². The van der Waals surface area contributed by atoms with E-state index in [4.69, 9.17) is 9.84 Å². The molecule has 0 aliphatic carbocycles. The first-order valence-electron chi connectivity index (χ1n) is 6.47. The van der Waals surface area contributed by atoms with E-state index in [0.717, 1.165) is 44.6 Å². The molecule has 17 heavy (non-hydrogen) atoms. The summed E-state index contributed by atoms with van der Waals surface area (Å²) in [5.41, 5.74) is 3.69. The third kappa shape index (κ3) is 2.69. The number of aliphatic hydroxyl groups is 1. The van der Waals surface area contributed by atoms with Gasteiger partial charge in [0, 0.05) is 25.5 Å². The molecule has 0 amide bonds. The van der Waals surface area contributed by atoms with E-state index in [1.807, 2.05) is 0 Å². The van der Waals surface area contributed by atoms with Crippen molar-refractivity contribution in [3.63, 3.8) is 0 Å². The van der Waals surface area contributed by atoms with Crippen molar-refractivity contribution in [2.75, 3.05) is 19.8 Å². The molecule has 0 aromatic carbocycles.